The minimum atomic E-state index is 0. The van der Waals surface area contributed by atoms with E-state index in [-0.39, 0.29) is 64.3 Å². The maximum absolute atomic E-state index is 0. The van der Waals surface area contributed by atoms with Crippen molar-refractivity contribution < 1.29 is 22.4 Å². The van der Waals surface area contributed by atoms with E-state index in [1.165, 1.54) is 0 Å². The minimum Gasteiger partial charge on any atom is -3.00 e. The molecule has 0 aliphatic carbocycles. The van der Waals surface area contributed by atoms with Gasteiger partial charge in [-0.1, -0.05) is 7.43 Å². The van der Waals surface area contributed by atoms with Crippen molar-refractivity contribution >= 4 is 28.3 Å². The van der Waals surface area contributed by atoms with Crippen LogP contribution in [0.2, 0.25) is 0 Å². The molecule has 0 aliphatic heterocycles. The largest absolute Gasteiger partial charge is 3.00 e. The first-order valence-corrected chi connectivity index (χ1v) is 0. The molecule has 0 aliphatic rings. The maximum atomic E-state index is 0. The molecule has 29 valence electrons. The van der Waals surface area contributed by atoms with Crippen molar-refractivity contribution in [2.24, 2.45) is 0 Å². The van der Waals surface area contributed by atoms with Crippen molar-refractivity contribution in [2.45, 2.75) is 7.43 Å². The summed E-state index contributed by atoms with van der Waals surface area (Å²) in [5.74, 6) is 0. The molecule has 0 bridgehead atoms. The fraction of sp³-hybridized carbons (Fsp3) is 1.00. The Morgan fingerprint density at radius 2 is 1.00 bits per heavy atom. The SMILES string of the molecule is C.[Al+3].[N-3].[SiH4].[Ta]. The van der Waals surface area contributed by atoms with E-state index in [4.69, 9.17) is 0 Å². The monoisotopic (exact) mass is 270 g/mol. The topological polar surface area (TPSA) is 30.5 Å². The van der Waals surface area contributed by atoms with Crippen molar-refractivity contribution in [1.82, 2.24) is 0 Å². The predicted octanol–water partition coefficient (Wildman–Crippen LogP) is -0.910. The minimum absolute atomic E-state index is 0. The first-order valence-electron chi connectivity index (χ1n) is 0. The Bertz CT molecular complexity index is 11.6. The van der Waals surface area contributed by atoms with Gasteiger partial charge in [-0.25, -0.2) is 0 Å². The molecule has 0 aromatic carbocycles. The molecule has 0 atom stereocenters. The van der Waals surface area contributed by atoms with Gasteiger partial charge >= 0.3 is 17.4 Å². The second kappa shape index (κ2) is 51.3. The smallest absolute Gasteiger partial charge is 3.00 e. The van der Waals surface area contributed by atoms with Crippen LogP contribution in [0.5, 0.6) is 0 Å². The summed E-state index contributed by atoms with van der Waals surface area (Å²) in [6.07, 6.45) is 0. The quantitative estimate of drug-likeness (QED) is 0.510. The van der Waals surface area contributed by atoms with Crippen LogP contribution < -0.4 is 0 Å². The van der Waals surface area contributed by atoms with Crippen LogP contribution >= 0.6 is 0 Å². The molecule has 4 heteroatoms. The molecule has 0 unspecified atom stereocenters. The Kier molecular flexibility index (Phi) is 936. The Hall–Kier alpha value is 1.45. The van der Waals surface area contributed by atoms with Gasteiger partial charge in [-0.2, -0.15) is 0 Å². The van der Waals surface area contributed by atoms with Gasteiger partial charge in [0.1, 0.15) is 0 Å². The van der Waals surface area contributed by atoms with E-state index in [0.717, 1.165) is 0 Å². The zero-order valence-corrected chi connectivity index (χ0v) is 5.84. The van der Waals surface area contributed by atoms with Gasteiger partial charge < -0.3 is 6.15 Å². The molecule has 0 N–H and O–H groups in total. The summed E-state index contributed by atoms with van der Waals surface area (Å²) in [6, 6.07) is 0. The van der Waals surface area contributed by atoms with Crippen molar-refractivity contribution in [3.8, 4) is 0 Å². The van der Waals surface area contributed by atoms with E-state index in [9.17, 15) is 0 Å². The molecule has 1 nitrogen and oxygen atoms in total. The molecular formula is CH8AlNSiTa. The van der Waals surface area contributed by atoms with Gasteiger partial charge in [0.25, 0.3) is 0 Å². The summed E-state index contributed by atoms with van der Waals surface area (Å²) in [5, 5.41) is 0. The second-order valence-corrected chi connectivity index (χ2v) is 0. The molecule has 0 saturated carbocycles. The van der Waals surface area contributed by atoms with Crippen molar-refractivity contribution in [3.63, 3.8) is 0 Å². The Morgan fingerprint density at radius 3 is 1.00 bits per heavy atom. The molecule has 0 aromatic heterocycles. The normalized spacial score (nSPS) is 0. The van der Waals surface area contributed by atoms with E-state index >= 15 is 0 Å². The summed E-state index contributed by atoms with van der Waals surface area (Å²) in [7, 11) is 0. The summed E-state index contributed by atoms with van der Waals surface area (Å²) in [4.78, 5) is 0. The number of hydrogen-bond donors (Lipinski definition) is 0. The zero-order chi connectivity index (χ0) is 0. The molecule has 0 fully saturated rings. The van der Waals surface area contributed by atoms with Crippen molar-refractivity contribution in [1.29, 1.82) is 0 Å². The Labute approximate surface area is 64.2 Å². The van der Waals surface area contributed by atoms with E-state index in [1.54, 1.807) is 0 Å². The van der Waals surface area contributed by atoms with Gasteiger partial charge in [0.05, 0.1) is 0 Å². The third kappa shape index (κ3) is 30.9. The van der Waals surface area contributed by atoms with Crippen LogP contribution in [0.1, 0.15) is 7.43 Å². The van der Waals surface area contributed by atoms with Crippen molar-refractivity contribution in [3.05, 3.63) is 6.15 Å². The first-order chi connectivity index (χ1) is 0. The average molecular weight is 270 g/mol. The van der Waals surface area contributed by atoms with E-state index in [0.29, 0.717) is 0 Å². The van der Waals surface area contributed by atoms with Crippen LogP contribution in [0.25, 0.3) is 6.15 Å². The van der Waals surface area contributed by atoms with Gasteiger partial charge in [-0.05, 0) is 11.0 Å². The third-order valence-corrected chi connectivity index (χ3v) is 0. The average Bonchev–Trinajstić information content (AvgIpc) is 0. The fourth-order valence-corrected chi connectivity index (χ4v) is 0. The molecule has 0 saturated heterocycles. The van der Waals surface area contributed by atoms with E-state index in [2.05, 4.69) is 0 Å². The van der Waals surface area contributed by atoms with Gasteiger partial charge in [-0.3, -0.25) is 0 Å². The molecule has 1 radical (unpaired) electrons. The van der Waals surface area contributed by atoms with Gasteiger partial charge in [0, 0.05) is 22.4 Å². The van der Waals surface area contributed by atoms with Crippen LogP contribution in [0.15, 0.2) is 0 Å². The van der Waals surface area contributed by atoms with Gasteiger partial charge in [0.2, 0.25) is 0 Å². The summed E-state index contributed by atoms with van der Waals surface area (Å²) >= 11 is 0. The second-order valence-electron chi connectivity index (χ2n) is 0. The Morgan fingerprint density at radius 1 is 1.00 bits per heavy atom. The van der Waals surface area contributed by atoms with Gasteiger partial charge in [-0.15, -0.1) is 0 Å². The van der Waals surface area contributed by atoms with Crippen molar-refractivity contribution in [2.75, 3.05) is 0 Å². The summed E-state index contributed by atoms with van der Waals surface area (Å²) in [5.41, 5.74) is 0. The van der Waals surface area contributed by atoms with Gasteiger partial charge in [0.15, 0.2) is 0 Å². The molecule has 5 heavy (non-hydrogen) atoms. The van der Waals surface area contributed by atoms with Crippen LogP contribution in [-0.4, -0.2) is 28.3 Å². The standard InChI is InChI=1S/CH4.Al.N.H4Si.Ta/h1H4;;;1H4;/q;+3;-3;;. The molecule has 0 heterocycles. The predicted molar refractivity (Wildman–Crippen MR) is 27.2 cm³/mol. The first kappa shape index (κ1) is 91.2. The van der Waals surface area contributed by atoms with E-state index in [1.807, 2.05) is 0 Å². The molecule has 0 spiro atoms. The van der Waals surface area contributed by atoms with Crippen LogP contribution in [-0.2, 0) is 22.4 Å². The summed E-state index contributed by atoms with van der Waals surface area (Å²) in [6.45, 7) is 0. The van der Waals surface area contributed by atoms with E-state index < -0.39 is 0 Å². The molecule has 0 aromatic rings. The maximum Gasteiger partial charge on any atom is 3.00 e. The molecular weight excluding hydrogens is 262 g/mol. The fourth-order valence-electron chi connectivity index (χ4n) is 0. The van der Waals surface area contributed by atoms with Crippen LogP contribution in [0, 0.1) is 0 Å². The molecule has 0 rings (SSSR count). The summed E-state index contributed by atoms with van der Waals surface area (Å²) < 4.78 is 0. The number of rotatable bonds is 0. The zero-order valence-electron chi connectivity index (χ0n) is 1.47. The molecule has 0 amide bonds. The third-order valence-electron chi connectivity index (χ3n) is 0. The van der Waals surface area contributed by atoms with Crippen LogP contribution in [0.3, 0.4) is 0 Å². The number of nitrogens with zero attached hydrogens (tertiary/aromatic N) is 1. The van der Waals surface area contributed by atoms with Crippen LogP contribution in [0.4, 0.5) is 0 Å². The number of hydrogen-bond acceptors (Lipinski definition) is 0. The Balaban J connectivity index is 0.